The summed E-state index contributed by atoms with van der Waals surface area (Å²) in [5, 5.41) is 0.553. The highest BCUT2D eigenvalue weighted by Crippen LogP contribution is 2.50. The van der Waals surface area contributed by atoms with E-state index in [1.54, 1.807) is 6.07 Å². The van der Waals surface area contributed by atoms with E-state index in [1.165, 1.54) is 28.4 Å². The van der Waals surface area contributed by atoms with Crippen LogP contribution in [0.4, 0.5) is 0 Å². The van der Waals surface area contributed by atoms with E-state index in [-0.39, 0.29) is 11.3 Å². The largest absolute Gasteiger partial charge is 0.492 e. The zero-order chi connectivity index (χ0) is 18.8. The molecule has 0 aliphatic carbocycles. The molecule has 0 radical (unpaired) electrons. The Morgan fingerprint density at radius 3 is 1.85 bits per heavy atom. The number of ether oxygens (including phenoxy) is 4. The fraction of sp³-hybridized carbons (Fsp3) is 0.250. The van der Waals surface area contributed by atoms with Crippen molar-refractivity contribution in [2.75, 3.05) is 28.4 Å². The maximum Gasteiger partial charge on any atom is 0.344 e. The summed E-state index contributed by atoms with van der Waals surface area (Å²) in [5.74, 6) is 1.33. The molecule has 0 N–H and O–H groups in total. The predicted octanol–water partition coefficient (Wildman–Crippen LogP) is 3.80. The van der Waals surface area contributed by atoms with E-state index < -0.39 is 5.63 Å². The van der Waals surface area contributed by atoms with Gasteiger partial charge in [-0.15, -0.1) is 0 Å². The Bertz CT molecular complexity index is 1000. The molecular formula is C20H20O6. The fourth-order valence-electron chi connectivity index (χ4n) is 2.93. The van der Waals surface area contributed by atoms with Gasteiger partial charge in [-0.2, -0.15) is 0 Å². The number of fused-ring (bicyclic) bond motifs is 1. The number of benzene rings is 2. The number of aryl methyl sites for hydroxylation is 1. The van der Waals surface area contributed by atoms with Crippen LogP contribution in [0.15, 0.2) is 39.5 Å². The zero-order valence-corrected chi connectivity index (χ0v) is 15.3. The molecule has 0 unspecified atom stereocenters. The minimum atomic E-state index is -0.478. The summed E-state index contributed by atoms with van der Waals surface area (Å²) < 4.78 is 27.4. The standard InChI is InChI=1S/C20H20O6/c1-11-6-8-12(9-7-11)13-10-14-15(22-2)17(23-3)19(25-5)18(24-4)16(14)26-20(13)21/h6-10H,1-5H3. The van der Waals surface area contributed by atoms with Crippen LogP contribution in [-0.4, -0.2) is 28.4 Å². The first-order valence-corrected chi connectivity index (χ1v) is 7.96. The molecule has 136 valence electrons. The SMILES string of the molecule is COc1c(OC)c(OC)c2oc(=O)c(-c3ccc(C)cc3)cc2c1OC. The normalized spacial score (nSPS) is 10.7. The molecule has 0 saturated carbocycles. The summed E-state index contributed by atoms with van der Waals surface area (Å²) in [4.78, 5) is 12.6. The van der Waals surface area contributed by atoms with Crippen molar-refractivity contribution < 1.29 is 23.4 Å². The molecule has 26 heavy (non-hydrogen) atoms. The average molecular weight is 356 g/mol. The van der Waals surface area contributed by atoms with E-state index in [9.17, 15) is 4.79 Å². The van der Waals surface area contributed by atoms with Crippen LogP contribution in [0.5, 0.6) is 23.0 Å². The molecule has 0 saturated heterocycles. The van der Waals surface area contributed by atoms with Gasteiger partial charge in [-0.3, -0.25) is 0 Å². The smallest absolute Gasteiger partial charge is 0.344 e. The summed E-state index contributed by atoms with van der Waals surface area (Å²) in [6.45, 7) is 1.98. The van der Waals surface area contributed by atoms with Gasteiger partial charge < -0.3 is 23.4 Å². The Morgan fingerprint density at radius 1 is 0.769 bits per heavy atom. The first-order chi connectivity index (χ1) is 12.5. The number of hydrogen-bond acceptors (Lipinski definition) is 6. The van der Waals surface area contributed by atoms with E-state index in [2.05, 4.69) is 0 Å². The van der Waals surface area contributed by atoms with Crippen LogP contribution in [0, 0.1) is 6.92 Å². The lowest BCUT2D eigenvalue weighted by Crippen LogP contribution is -2.06. The van der Waals surface area contributed by atoms with Crippen molar-refractivity contribution in [1.82, 2.24) is 0 Å². The van der Waals surface area contributed by atoms with E-state index in [1.807, 2.05) is 31.2 Å². The van der Waals surface area contributed by atoms with Gasteiger partial charge >= 0.3 is 5.63 Å². The van der Waals surface area contributed by atoms with Gasteiger partial charge in [-0.25, -0.2) is 4.79 Å². The van der Waals surface area contributed by atoms with Crippen molar-refractivity contribution in [3.63, 3.8) is 0 Å². The molecule has 0 amide bonds. The Morgan fingerprint density at radius 2 is 1.31 bits per heavy atom. The second-order valence-electron chi connectivity index (χ2n) is 5.69. The molecule has 1 heterocycles. The van der Waals surface area contributed by atoms with E-state index in [0.717, 1.165) is 11.1 Å². The van der Waals surface area contributed by atoms with Crippen molar-refractivity contribution >= 4 is 11.0 Å². The van der Waals surface area contributed by atoms with Crippen LogP contribution in [-0.2, 0) is 0 Å². The quantitative estimate of drug-likeness (QED) is 0.648. The molecule has 6 nitrogen and oxygen atoms in total. The molecule has 2 aromatic carbocycles. The second-order valence-corrected chi connectivity index (χ2v) is 5.69. The van der Waals surface area contributed by atoms with Crippen LogP contribution in [0.1, 0.15) is 5.56 Å². The average Bonchev–Trinajstić information content (AvgIpc) is 2.66. The molecular weight excluding hydrogens is 336 g/mol. The highest BCUT2D eigenvalue weighted by atomic mass is 16.5. The van der Waals surface area contributed by atoms with Crippen molar-refractivity contribution in [3.8, 4) is 34.1 Å². The van der Waals surface area contributed by atoms with Crippen molar-refractivity contribution in [3.05, 3.63) is 46.3 Å². The van der Waals surface area contributed by atoms with Gasteiger partial charge in [-0.1, -0.05) is 29.8 Å². The topological polar surface area (TPSA) is 67.1 Å². The van der Waals surface area contributed by atoms with Crippen LogP contribution in [0.3, 0.4) is 0 Å². The molecule has 6 heteroatoms. The minimum Gasteiger partial charge on any atom is -0.492 e. The van der Waals surface area contributed by atoms with Gasteiger partial charge in [-0.05, 0) is 18.6 Å². The Labute approximate surface area is 150 Å². The highest BCUT2D eigenvalue weighted by molar-refractivity contribution is 5.96. The van der Waals surface area contributed by atoms with Gasteiger partial charge in [0, 0.05) is 0 Å². The molecule has 3 rings (SSSR count). The molecule has 0 fully saturated rings. The molecule has 0 aliphatic heterocycles. The molecule has 3 aromatic rings. The lowest BCUT2D eigenvalue weighted by molar-refractivity contribution is 0.306. The molecule has 0 bridgehead atoms. The maximum atomic E-state index is 12.6. The minimum absolute atomic E-state index is 0.239. The zero-order valence-electron chi connectivity index (χ0n) is 15.3. The van der Waals surface area contributed by atoms with E-state index in [4.69, 9.17) is 23.4 Å². The summed E-state index contributed by atoms with van der Waals surface area (Å²) in [5.41, 5.74) is 2.04. The Kier molecular flexibility index (Phi) is 4.75. The monoisotopic (exact) mass is 356 g/mol. The van der Waals surface area contributed by atoms with Gasteiger partial charge in [0.1, 0.15) is 0 Å². The molecule has 0 atom stereocenters. The summed E-state index contributed by atoms with van der Waals surface area (Å²) in [7, 11) is 5.97. The lowest BCUT2D eigenvalue weighted by atomic mass is 10.0. The fourth-order valence-corrected chi connectivity index (χ4v) is 2.93. The Hall–Kier alpha value is -3.15. The van der Waals surface area contributed by atoms with Crippen LogP contribution < -0.4 is 24.6 Å². The molecule has 0 spiro atoms. The van der Waals surface area contributed by atoms with Crippen molar-refractivity contribution in [1.29, 1.82) is 0 Å². The highest BCUT2D eigenvalue weighted by Gasteiger charge is 2.26. The van der Waals surface area contributed by atoms with E-state index >= 15 is 0 Å². The number of hydrogen-bond donors (Lipinski definition) is 0. The Balaban J connectivity index is 2.42. The van der Waals surface area contributed by atoms with Crippen LogP contribution in [0.25, 0.3) is 22.1 Å². The first-order valence-electron chi connectivity index (χ1n) is 7.96. The van der Waals surface area contributed by atoms with Gasteiger partial charge in [0.15, 0.2) is 11.3 Å². The van der Waals surface area contributed by atoms with Gasteiger partial charge in [0.2, 0.25) is 17.2 Å². The third kappa shape index (κ3) is 2.73. The molecule has 1 aromatic heterocycles. The van der Waals surface area contributed by atoms with Crippen molar-refractivity contribution in [2.45, 2.75) is 6.92 Å². The van der Waals surface area contributed by atoms with E-state index in [0.29, 0.717) is 28.2 Å². The molecule has 0 aliphatic rings. The number of methoxy groups -OCH3 is 4. The van der Waals surface area contributed by atoms with Crippen LogP contribution >= 0.6 is 0 Å². The van der Waals surface area contributed by atoms with Gasteiger partial charge in [0.25, 0.3) is 0 Å². The maximum absolute atomic E-state index is 12.6. The second kappa shape index (κ2) is 7.00. The number of rotatable bonds is 5. The predicted molar refractivity (Wildman–Crippen MR) is 98.9 cm³/mol. The summed E-state index contributed by atoms with van der Waals surface area (Å²) in [6.07, 6.45) is 0. The first kappa shape index (κ1) is 17.7. The van der Waals surface area contributed by atoms with Gasteiger partial charge in [0.05, 0.1) is 39.4 Å². The third-order valence-electron chi connectivity index (χ3n) is 4.20. The summed E-state index contributed by atoms with van der Waals surface area (Å²) >= 11 is 0. The van der Waals surface area contributed by atoms with Crippen LogP contribution in [0.2, 0.25) is 0 Å². The third-order valence-corrected chi connectivity index (χ3v) is 4.20. The lowest BCUT2D eigenvalue weighted by Gasteiger charge is -2.17. The van der Waals surface area contributed by atoms with Crippen molar-refractivity contribution in [2.24, 2.45) is 0 Å². The summed E-state index contributed by atoms with van der Waals surface area (Å²) in [6, 6.07) is 9.34.